The molecule has 0 aliphatic carbocycles. The van der Waals surface area contributed by atoms with Gasteiger partial charge in [0.1, 0.15) is 5.75 Å². The van der Waals surface area contributed by atoms with Crippen molar-refractivity contribution in [2.75, 3.05) is 32.8 Å². The fourth-order valence-corrected chi connectivity index (χ4v) is 4.96. The predicted molar refractivity (Wildman–Crippen MR) is 118 cm³/mol. The Morgan fingerprint density at radius 2 is 1.84 bits per heavy atom. The number of rotatable bonds is 6. The van der Waals surface area contributed by atoms with E-state index in [0.29, 0.717) is 30.6 Å². The highest BCUT2D eigenvalue weighted by Crippen LogP contribution is 2.36. The molecule has 2 aliphatic heterocycles. The Labute approximate surface area is 184 Å². The third-order valence-electron chi connectivity index (χ3n) is 6.78. The van der Waals surface area contributed by atoms with Crippen LogP contribution in [-0.2, 0) is 11.3 Å². The zero-order valence-corrected chi connectivity index (χ0v) is 18.4. The molecule has 7 heteroatoms. The largest absolute Gasteiger partial charge is 0.493 e. The minimum atomic E-state index is 0.0492. The van der Waals surface area contributed by atoms with Gasteiger partial charge in [-0.2, -0.15) is 5.10 Å². The second-order valence-corrected chi connectivity index (χ2v) is 8.69. The molecule has 0 bridgehead atoms. The summed E-state index contributed by atoms with van der Waals surface area (Å²) in [6, 6.07) is 9.86. The van der Waals surface area contributed by atoms with Crippen LogP contribution in [-0.4, -0.2) is 64.2 Å². The Morgan fingerprint density at radius 3 is 2.48 bits per heavy atom. The van der Waals surface area contributed by atoms with E-state index in [-0.39, 0.29) is 17.7 Å². The first-order chi connectivity index (χ1) is 15.0. The van der Waals surface area contributed by atoms with Gasteiger partial charge in [-0.15, -0.1) is 0 Å². The maximum Gasteiger partial charge on any atom is 0.257 e. The first-order valence-corrected chi connectivity index (χ1v) is 11.3. The van der Waals surface area contributed by atoms with E-state index in [2.05, 4.69) is 5.10 Å². The molecule has 1 aromatic carbocycles. The second kappa shape index (κ2) is 9.54. The van der Waals surface area contributed by atoms with Crippen LogP contribution in [0.5, 0.6) is 5.75 Å². The first-order valence-electron chi connectivity index (χ1n) is 11.3. The van der Waals surface area contributed by atoms with E-state index in [1.165, 1.54) is 0 Å². The fraction of sp³-hybridized carbons (Fsp3) is 0.542. The van der Waals surface area contributed by atoms with Crippen LogP contribution in [0.3, 0.4) is 0 Å². The van der Waals surface area contributed by atoms with Gasteiger partial charge in [-0.25, -0.2) is 0 Å². The van der Waals surface area contributed by atoms with Gasteiger partial charge in [0, 0.05) is 51.8 Å². The van der Waals surface area contributed by atoms with Gasteiger partial charge in [-0.1, -0.05) is 18.2 Å². The van der Waals surface area contributed by atoms with Gasteiger partial charge in [0.2, 0.25) is 5.91 Å². The maximum atomic E-state index is 13.1. The van der Waals surface area contributed by atoms with Crippen LogP contribution < -0.4 is 4.74 Å². The molecule has 2 saturated heterocycles. The van der Waals surface area contributed by atoms with Crippen LogP contribution >= 0.6 is 0 Å². The number of nitrogens with zero attached hydrogens (tertiary/aromatic N) is 4. The molecule has 2 fully saturated rings. The molecule has 0 spiro atoms. The lowest BCUT2D eigenvalue weighted by Gasteiger charge is -2.36. The van der Waals surface area contributed by atoms with E-state index in [0.717, 1.165) is 44.8 Å². The van der Waals surface area contributed by atoms with Gasteiger partial charge in [0.05, 0.1) is 18.4 Å². The van der Waals surface area contributed by atoms with Gasteiger partial charge >= 0.3 is 0 Å². The molecule has 0 N–H and O–H groups in total. The highest BCUT2D eigenvalue weighted by molar-refractivity contribution is 5.94. The Hall–Kier alpha value is -2.83. The van der Waals surface area contributed by atoms with Gasteiger partial charge in [-0.3, -0.25) is 14.3 Å². The molecule has 7 nitrogen and oxygen atoms in total. The topological polar surface area (TPSA) is 67.7 Å². The number of amides is 2. The number of piperidine rings is 1. The number of hydrogen-bond acceptors (Lipinski definition) is 4. The quantitative estimate of drug-likeness (QED) is 0.715. The number of carbonyl (C=O) groups excluding carboxylic acids is 2. The molecule has 0 radical (unpaired) electrons. The Balaban J connectivity index is 1.46. The molecule has 3 heterocycles. The summed E-state index contributed by atoms with van der Waals surface area (Å²) in [5.74, 6) is 2.21. The summed E-state index contributed by atoms with van der Waals surface area (Å²) in [5.41, 5.74) is 0.650. The number of aromatic nitrogens is 2. The van der Waals surface area contributed by atoms with Crippen molar-refractivity contribution in [3.63, 3.8) is 0 Å². The number of ether oxygens (including phenoxy) is 1. The predicted octanol–water partition coefficient (Wildman–Crippen LogP) is 2.93. The van der Waals surface area contributed by atoms with Crippen molar-refractivity contribution in [2.45, 2.75) is 33.2 Å². The standard InChI is InChI=1S/C24H32N4O3/c1-3-28-15-20(13-25-28)24(30)27-14-21(17-31-22-7-5-4-6-8-22)23(16-27)19-9-11-26(12-10-19)18(2)29/h4-8,13,15,19,21,23H,3,9-12,14,16-17H2,1-2H3/t21-,23-/m0/s1. The monoisotopic (exact) mass is 424 g/mol. The number of aryl methyl sites for hydroxylation is 1. The normalized spacial score (nSPS) is 22.0. The molecule has 4 rings (SSSR count). The minimum Gasteiger partial charge on any atom is -0.493 e. The van der Waals surface area contributed by atoms with Crippen molar-refractivity contribution >= 4 is 11.8 Å². The first kappa shape index (κ1) is 21.4. The van der Waals surface area contributed by atoms with Gasteiger partial charge < -0.3 is 14.5 Å². The highest BCUT2D eigenvalue weighted by atomic mass is 16.5. The van der Waals surface area contributed by atoms with Crippen LogP contribution in [0.1, 0.15) is 37.0 Å². The summed E-state index contributed by atoms with van der Waals surface area (Å²) in [5, 5.41) is 4.26. The van der Waals surface area contributed by atoms with Crippen molar-refractivity contribution in [3.8, 4) is 5.75 Å². The Morgan fingerprint density at radius 1 is 1.10 bits per heavy atom. The second-order valence-electron chi connectivity index (χ2n) is 8.69. The molecule has 2 atom stereocenters. The van der Waals surface area contributed by atoms with E-state index < -0.39 is 0 Å². The van der Waals surface area contributed by atoms with E-state index >= 15 is 0 Å². The molecule has 2 aromatic rings. The summed E-state index contributed by atoms with van der Waals surface area (Å²) in [7, 11) is 0. The third kappa shape index (κ3) is 4.92. The fourth-order valence-electron chi connectivity index (χ4n) is 4.96. The molecule has 0 unspecified atom stereocenters. The highest BCUT2D eigenvalue weighted by Gasteiger charge is 2.41. The summed E-state index contributed by atoms with van der Waals surface area (Å²) >= 11 is 0. The number of hydrogen-bond donors (Lipinski definition) is 0. The van der Waals surface area contributed by atoms with Crippen molar-refractivity contribution in [2.24, 2.45) is 17.8 Å². The number of benzene rings is 1. The summed E-state index contributed by atoms with van der Waals surface area (Å²) in [6.45, 7) is 8.04. The summed E-state index contributed by atoms with van der Waals surface area (Å²) < 4.78 is 7.89. The van der Waals surface area contributed by atoms with Crippen LogP contribution in [0.2, 0.25) is 0 Å². The van der Waals surface area contributed by atoms with Crippen LogP contribution in [0.25, 0.3) is 0 Å². The van der Waals surface area contributed by atoms with Gasteiger partial charge in [0.25, 0.3) is 5.91 Å². The molecule has 2 aliphatic rings. The van der Waals surface area contributed by atoms with Crippen molar-refractivity contribution in [1.82, 2.24) is 19.6 Å². The van der Waals surface area contributed by atoms with Crippen molar-refractivity contribution in [1.29, 1.82) is 0 Å². The lowest BCUT2D eigenvalue weighted by atomic mass is 9.78. The molecule has 1 aromatic heterocycles. The maximum absolute atomic E-state index is 13.1. The Bertz CT molecular complexity index is 889. The molecular formula is C24H32N4O3. The molecular weight excluding hydrogens is 392 g/mol. The van der Waals surface area contributed by atoms with Crippen LogP contribution in [0.4, 0.5) is 0 Å². The average Bonchev–Trinajstić information content (AvgIpc) is 3.45. The van der Waals surface area contributed by atoms with Crippen molar-refractivity contribution in [3.05, 3.63) is 48.3 Å². The molecule has 166 valence electrons. The minimum absolute atomic E-state index is 0.0492. The van der Waals surface area contributed by atoms with Gasteiger partial charge in [0.15, 0.2) is 0 Å². The average molecular weight is 425 g/mol. The van der Waals surface area contributed by atoms with E-state index in [1.54, 1.807) is 17.8 Å². The van der Waals surface area contributed by atoms with Crippen LogP contribution in [0, 0.1) is 17.8 Å². The van der Waals surface area contributed by atoms with Crippen LogP contribution in [0.15, 0.2) is 42.7 Å². The number of carbonyl (C=O) groups is 2. The third-order valence-corrected chi connectivity index (χ3v) is 6.78. The molecule has 31 heavy (non-hydrogen) atoms. The van der Waals surface area contributed by atoms with E-state index in [9.17, 15) is 9.59 Å². The zero-order chi connectivity index (χ0) is 21.8. The van der Waals surface area contributed by atoms with Crippen molar-refractivity contribution < 1.29 is 14.3 Å². The van der Waals surface area contributed by atoms with E-state index in [1.807, 2.05) is 53.3 Å². The SMILES string of the molecule is CCn1cc(C(=O)N2C[C@@H](COc3ccccc3)[C@H](C3CCN(C(C)=O)CC3)C2)cn1. The summed E-state index contributed by atoms with van der Waals surface area (Å²) in [4.78, 5) is 28.8. The lowest BCUT2D eigenvalue weighted by molar-refractivity contribution is -0.130. The number of para-hydroxylation sites is 1. The zero-order valence-electron chi connectivity index (χ0n) is 18.4. The van der Waals surface area contributed by atoms with Gasteiger partial charge in [-0.05, 0) is 43.7 Å². The smallest absolute Gasteiger partial charge is 0.257 e. The molecule has 2 amide bonds. The number of likely N-dealkylation sites (tertiary alicyclic amines) is 2. The van der Waals surface area contributed by atoms with E-state index in [4.69, 9.17) is 4.74 Å². The summed E-state index contributed by atoms with van der Waals surface area (Å²) in [6.07, 6.45) is 5.47. The Kier molecular flexibility index (Phi) is 6.59. The lowest BCUT2D eigenvalue weighted by Crippen LogP contribution is -2.40. The molecule has 0 saturated carbocycles.